The van der Waals surface area contributed by atoms with Gasteiger partial charge in [0.2, 0.25) is 0 Å². The van der Waals surface area contributed by atoms with E-state index in [1.165, 1.54) is 4.90 Å². The van der Waals surface area contributed by atoms with Crippen molar-refractivity contribution in [2.75, 3.05) is 10.6 Å². The molecule has 3 N–H and O–H groups in total. The maximum absolute atomic E-state index is 13.0. The molecule has 136 valence electrons. The van der Waals surface area contributed by atoms with Gasteiger partial charge in [-0.3, -0.25) is 14.5 Å². The Morgan fingerprint density at radius 1 is 0.815 bits per heavy atom. The van der Waals surface area contributed by atoms with E-state index in [-0.39, 0.29) is 6.04 Å². The number of nitrogen functional groups attached to an aromatic ring is 1. The minimum atomic E-state index is -0.674. The van der Waals surface area contributed by atoms with Gasteiger partial charge in [-0.05, 0) is 48.9 Å². The van der Waals surface area contributed by atoms with E-state index in [4.69, 9.17) is 5.73 Å². The monoisotopic (exact) mass is 359 g/mol. The molecule has 0 saturated heterocycles. The van der Waals surface area contributed by atoms with Crippen molar-refractivity contribution >= 4 is 28.9 Å². The summed E-state index contributed by atoms with van der Waals surface area (Å²) < 4.78 is 0. The fourth-order valence-electron chi connectivity index (χ4n) is 2.77. The summed E-state index contributed by atoms with van der Waals surface area (Å²) in [5.41, 5.74) is 8.44. The van der Waals surface area contributed by atoms with Crippen LogP contribution in [0.4, 0.5) is 17.1 Å². The van der Waals surface area contributed by atoms with Gasteiger partial charge in [-0.2, -0.15) is 0 Å². The molecule has 1 unspecified atom stereocenters. The summed E-state index contributed by atoms with van der Waals surface area (Å²) in [6, 6.07) is 25.1. The van der Waals surface area contributed by atoms with Gasteiger partial charge in [0, 0.05) is 17.1 Å². The number of nitrogens with two attached hydrogens (primary N) is 1. The number of rotatable bonds is 4. The lowest BCUT2D eigenvalue weighted by Crippen LogP contribution is -2.41. The van der Waals surface area contributed by atoms with E-state index < -0.39 is 11.8 Å². The molecular weight excluding hydrogens is 338 g/mol. The molecule has 0 aliphatic rings. The van der Waals surface area contributed by atoms with E-state index in [1.807, 2.05) is 55.5 Å². The topological polar surface area (TPSA) is 75.4 Å². The average molecular weight is 359 g/mol. The first-order valence-electron chi connectivity index (χ1n) is 8.67. The van der Waals surface area contributed by atoms with Crippen LogP contribution in [-0.4, -0.2) is 11.8 Å². The van der Waals surface area contributed by atoms with E-state index >= 15 is 0 Å². The normalized spacial score (nSPS) is 11.4. The Morgan fingerprint density at radius 3 is 1.93 bits per heavy atom. The molecule has 3 rings (SSSR count). The molecule has 3 aromatic rings. The Hall–Kier alpha value is -3.60. The van der Waals surface area contributed by atoms with Crippen molar-refractivity contribution < 1.29 is 9.59 Å². The second kappa shape index (κ2) is 8.19. The van der Waals surface area contributed by atoms with Crippen LogP contribution in [0.2, 0.25) is 0 Å². The second-order valence-electron chi connectivity index (χ2n) is 6.17. The molecule has 0 spiro atoms. The van der Waals surface area contributed by atoms with Crippen molar-refractivity contribution in [3.63, 3.8) is 0 Å². The zero-order chi connectivity index (χ0) is 19.2. The molecule has 0 aliphatic carbocycles. The molecule has 5 heteroatoms. The predicted molar refractivity (Wildman–Crippen MR) is 107 cm³/mol. The largest absolute Gasteiger partial charge is 0.399 e. The number of benzene rings is 3. The van der Waals surface area contributed by atoms with Crippen LogP contribution in [0.25, 0.3) is 0 Å². The van der Waals surface area contributed by atoms with Crippen molar-refractivity contribution in [2.24, 2.45) is 0 Å². The van der Waals surface area contributed by atoms with E-state index in [0.717, 1.165) is 5.56 Å². The number of carbonyl (C=O) groups excluding carboxylic acids is 2. The smallest absolute Gasteiger partial charge is 0.320 e. The van der Waals surface area contributed by atoms with Crippen molar-refractivity contribution in [1.82, 2.24) is 5.32 Å². The third kappa shape index (κ3) is 4.33. The quantitative estimate of drug-likeness (QED) is 0.549. The lowest BCUT2D eigenvalue weighted by atomic mass is 10.1. The minimum absolute atomic E-state index is 0.285. The van der Waals surface area contributed by atoms with Crippen LogP contribution in [0.1, 0.15) is 18.5 Å². The number of hydrogen-bond acceptors (Lipinski definition) is 3. The summed E-state index contributed by atoms with van der Waals surface area (Å²) in [6.07, 6.45) is 0. The third-order valence-electron chi connectivity index (χ3n) is 4.21. The lowest BCUT2D eigenvalue weighted by molar-refractivity contribution is -0.137. The van der Waals surface area contributed by atoms with E-state index in [0.29, 0.717) is 17.1 Å². The highest BCUT2D eigenvalue weighted by Crippen LogP contribution is 2.26. The van der Waals surface area contributed by atoms with E-state index in [9.17, 15) is 9.59 Å². The number of hydrogen-bond donors (Lipinski definition) is 2. The Morgan fingerprint density at radius 2 is 1.33 bits per heavy atom. The molecule has 1 atom stereocenters. The fourth-order valence-corrected chi connectivity index (χ4v) is 2.77. The predicted octanol–water partition coefficient (Wildman–Crippen LogP) is 3.81. The standard InChI is InChI=1S/C22H21N3O2/c1-16(17-8-4-2-5-9-17)24-21(26)22(27)25(19-10-6-3-7-11-19)20-14-12-18(23)13-15-20/h2-16H,23H2,1H3,(H,24,26). The number of nitrogens with one attached hydrogen (secondary N) is 1. The first-order valence-corrected chi connectivity index (χ1v) is 8.67. The summed E-state index contributed by atoms with van der Waals surface area (Å²) in [4.78, 5) is 27.0. The Labute approximate surface area is 158 Å². The highest BCUT2D eigenvalue weighted by atomic mass is 16.2. The average Bonchev–Trinajstić information content (AvgIpc) is 2.71. The van der Waals surface area contributed by atoms with Crippen molar-refractivity contribution in [3.05, 3.63) is 90.5 Å². The van der Waals surface area contributed by atoms with Gasteiger partial charge in [0.05, 0.1) is 6.04 Å². The molecule has 27 heavy (non-hydrogen) atoms. The summed E-state index contributed by atoms with van der Waals surface area (Å²) in [5, 5.41) is 2.77. The van der Waals surface area contributed by atoms with Crippen LogP contribution in [0.3, 0.4) is 0 Å². The number of para-hydroxylation sites is 1. The molecule has 0 saturated carbocycles. The minimum Gasteiger partial charge on any atom is -0.399 e. The summed E-state index contributed by atoms with van der Waals surface area (Å²) in [7, 11) is 0. The van der Waals surface area contributed by atoms with Crippen molar-refractivity contribution in [2.45, 2.75) is 13.0 Å². The molecule has 0 aromatic heterocycles. The fraction of sp³-hybridized carbons (Fsp3) is 0.0909. The maximum atomic E-state index is 13.0. The molecule has 3 aromatic carbocycles. The van der Waals surface area contributed by atoms with Crippen LogP contribution in [-0.2, 0) is 9.59 Å². The van der Waals surface area contributed by atoms with Gasteiger partial charge >= 0.3 is 11.8 Å². The van der Waals surface area contributed by atoms with Gasteiger partial charge in [-0.15, -0.1) is 0 Å². The number of carbonyl (C=O) groups is 2. The van der Waals surface area contributed by atoms with Crippen LogP contribution < -0.4 is 16.0 Å². The van der Waals surface area contributed by atoms with Crippen molar-refractivity contribution in [1.29, 1.82) is 0 Å². The second-order valence-corrected chi connectivity index (χ2v) is 6.17. The molecule has 0 heterocycles. The molecule has 2 amide bonds. The van der Waals surface area contributed by atoms with Gasteiger partial charge in [0.15, 0.2) is 0 Å². The molecule has 0 fully saturated rings. The third-order valence-corrected chi connectivity index (χ3v) is 4.21. The van der Waals surface area contributed by atoms with Gasteiger partial charge in [0.1, 0.15) is 0 Å². The van der Waals surface area contributed by atoms with Gasteiger partial charge < -0.3 is 11.1 Å². The lowest BCUT2D eigenvalue weighted by Gasteiger charge is -2.23. The van der Waals surface area contributed by atoms with Crippen LogP contribution in [0.15, 0.2) is 84.9 Å². The van der Waals surface area contributed by atoms with Gasteiger partial charge in [-0.25, -0.2) is 0 Å². The molecule has 0 radical (unpaired) electrons. The molecular formula is C22H21N3O2. The van der Waals surface area contributed by atoms with Crippen LogP contribution in [0.5, 0.6) is 0 Å². The number of anilines is 3. The zero-order valence-corrected chi connectivity index (χ0v) is 15.0. The maximum Gasteiger partial charge on any atom is 0.320 e. The highest BCUT2D eigenvalue weighted by Gasteiger charge is 2.26. The van der Waals surface area contributed by atoms with Crippen LogP contribution >= 0.6 is 0 Å². The first kappa shape index (κ1) is 18.2. The van der Waals surface area contributed by atoms with Crippen LogP contribution in [0, 0.1) is 0 Å². The zero-order valence-electron chi connectivity index (χ0n) is 15.0. The molecule has 0 bridgehead atoms. The SMILES string of the molecule is CC(NC(=O)C(=O)N(c1ccccc1)c1ccc(N)cc1)c1ccccc1. The highest BCUT2D eigenvalue weighted by molar-refractivity contribution is 6.42. The van der Waals surface area contributed by atoms with Gasteiger partial charge in [-0.1, -0.05) is 48.5 Å². The van der Waals surface area contributed by atoms with E-state index in [2.05, 4.69) is 5.32 Å². The number of nitrogens with zero attached hydrogens (tertiary/aromatic N) is 1. The summed E-state index contributed by atoms with van der Waals surface area (Å²) in [5.74, 6) is -1.33. The van der Waals surface area contributed by atoms with Crippen molar-refractivity contribution in [3.8, 4) is 0 Å². The molecule has 5 nitrogen and oxygen atoms in total. The number of amides is 2. The first-order chi connectivity index (χ1) is 13.1. The summed E-state index contributed by atoms with van der Waals surface area (Å²) >= 11 is 0. The molecule has 0 aliphatic heterocycles. The van der Waals surface area contributed by atoms with E-state index in [1.54, 1.807) is 36.4 Å². The Kier molecular flexibility index (Phi) is 5.52. The summed E-state index contributed by atoms with van der Waals surface area (Å²) in [6.45, 7) is 1.84. The van der Waals surface area contributed by atoms with Gasteiger partial charge in [0.25, 0.3) is 0 Å². The Balaban J connectivity index is 1.86. The Bertz CT molecular complexity index is 909.